The quantitative estimate of drug-likeness (QED) is 0.637. The van der Waals surface area contributed by atoms with Crippen LogP contribution in [-0.4, -0.2) is 12.6 Å². The molecule has 1 heteroatoms. The molecule has 0 bridgehead atoms. The van der Waals surface area contributed by atoms with Gasteiger partial charge < -0.3 is 5.32 Å². The van der Waals surface area contributed by atoms with Crippen LogP contribution in [0.4, 0.5) is 0 Å². The molecule has 1 N–H and O–H groups in total. The normalized spacial score (nSPS) is 24.8. The van der Waals surface area contributed by atoms with Crippen LogP contribution in [0.1, 0.15) is 46.5 Å². The number of allylic oxidation sites excluding steroid dienone is 1. The van der Waals surface area contributed by atoms with E-state index in [-0.39, 0.29) is 0 Å². The highest BCUT2D eigenvalue weighted by molar-refractivity contribution is 5.14. The Balaban J connectivity index is 2.33. The predicted molar refractivity (Wildman–Crippen MR) is 54.3 cm³/mol. The fourth-order valence-corrected chi connectivity index (χ4v) is 1.77. The van der Waals surface area contributed by atoms with Gasteiger partial charge in [0.1, 0.15) is 0 Å². The van der Waals surface area contributed by atoms with Crippen molar-refractivity contribution in [2.45, 2.75) is 52.5 Å². The Hall–Kier alpha value is -0.300. The minimum Gasteiger partial charge on any atom is -0.314 e. The molecule has 0 heterocycles. The fraction of sp³-hybridized carbons (Fsp3) is 0.818. The van der Waals surface area contributed by atoms with Crippen LogP contribution in [0.3, 0.4) is 0 Å². The van der Waals surface area contributed by atoms with Crippen LogP contribution in [0, 0.1) is 0 Å². The van der Waals surface area contributed by atoms with Crippen LogP contribution >= 0.6 is 0 Å². The van der Waals surface area contributed by atoms with E-state index in [4.69, 9.17) is 0 Å². The highest BCUT2D eigenvalue weighted by Crippen LogP contribution is 2.23. The molecule has 0 aromatic carbocycles. The highest BCUT2D eigenvalue weighted by atomic mass is 14.9. The molecule has 0 saturated heterocycles. The van der Waals surface area contributed by atoms with Crippen molar-refractivity contribution >= 4 is 0 Å². The fourth-order valence-electron chi connectivity index (χ4n) is 1.77. The molecule has 1 aliphatic carbocycles. The third-order valence-electron chi connectivity index (χ3n) is 2.83. The third-order valence-corrected chi connectivity index (χ3v) is 2.83. The molecule has 12 heavy (non-hydrogen) atoms. The van der Waals surface area contributed by atoms with Crippen molar-refractivity contribution in [2.75, 3.05) is 6.54 Å². The zero-order valence-electron chi connectivity index (χ0n) is 8.61. The van der Waals surface area contributed by atoms with Gasteiger partial charge in [-0.05, 0) is 46.1 Å². The predicted octanol–water partition coefficient (Wildman–Crippen LogP) is 2.87. The maximum absolute atomic E-state index is 3.59. The number of hydrogen-bond donors (Lipinski definition) is 1. The Kier molecular flexibility index (Phi) is 3.80. The Morgan fingerprint density at radius 2 is 2.08 bits per heavy atom. The van der Waals surface area contributed by atoms with Crippen molar-refractivity contribution in [1.29, 1.82) is 0 Å². The smallest absolute Gasteiger partial charge is 0.0107 e. The van der Waals surface area contributed by atoms with Gasteiger partial charge in [0.25, 0.3) is 0 Å². The lowest BCUT2D eigenvalue weighted by Gasteiger charge is -2.25. The molecule has 0 aromatic heterocycles. The first-order valence-electron chi connectivity index (χ1n) is 5.12. The monoisotopic (exact) mass is 167 g/mol. The molecule has 1 nitrogen and oxygen atoms in total. The maximum Gasteiger partial charge on any atom is 0.0107 e. The summed E-state index contributed by atoms with van der Waals surface area (Å²) in [6.45, 7) is 7.95. The van der Waals surface area contributed by atoms with Gasteiger partial charge in [-0.25, -0.2) is 0 Å². The van der Waals surface area contributed by atoms with Crippen LogP contribution < -0.4 is 5.32 Å². The van der Waals surface area contributed by atoms with Gasteiger partial charge in [0.15, 0.2) is 0 Å². The molecule has 1 atom stereocenters. The molecule has 0 fully saturated rings. The number of hydrogen-bond acceptors (Lipinski definition) is 1. The lowest BCUT2D eigenvalue weighted by Crippen LogP contribution is -2.31. The summed E-state index contributed by atoms with van der Waals surface area (Å²) in [7, 11) is 0. The van der Waals surface area contributed by atoms with E-state index in [1.165, 1.54) is 32.2 Å². The summed E-state index contributed by atoms with van der Waals surface area (Å²) in [5.41, 5.74) is 3.22. The summed E-state index contributed by atoms with van der Waals surface area (Å²) in [6, 6.07) is 0.758. The van der Waals surface area contributed by atoms with Gasteiger partial charge in [0, 0.05) is 6.04 Å². The molecule has 0 aliphatic heterocycles. The average Bonchev–Trinajstić information content (AvgIpc) is 2.07. The van der Waals surface area contributed by atoms with E-state index in [9.17, 15) is 0 Å². The molecule has 1 unspecified atom stereocenters. The molecule has 0 spiro atoms. The van der Waals surface area contributed by atoms with Crippen LogP contribution in [-0.2, 0) is 0 Å². The van der Waals surface area contributed by atoms with Crippen LogP contribution in [0.5, 0.6) is 0 Å². The Morgan fingerprint density at radius 3 is 2.67 bits per heavy atom. The van der Waals surface area contributed by atoms with Crippen molar-refractivity contribution < 1.29 is 0 Å². The highest BCUT2D eigenvalue weighted by Gasteiger charge is 2.14. The van der Waals surface area contributed by atoms with E-state index >= 15 is 0 Å². The summed E-state index contributed by atoms with van der Waals surface area (Å²) in [6.07, 6.45) is 5.15. The Labute approximate surface area is 76.2 Å². The van der Waals surface area contributed by atoms with Gasteiger partial charge >= 0.3 is 0 Å². The van der Waals surface area contributed by atoms with E-state index in [1.807, 2.05) is 0 Å². The summed E-state index contributed by atoms with van der Waals surface area (Å²) < 4.78 is 0. The maximum atomic E-state index is 3.59. The molecular formula is C11H21N. The van der Waals surface area contributed by atoms with Gasteiger partial charge in [-0.3, -0.25) is 0 Å². The average molecular weight is 167 g/mol. The molecule has 0 radical (unpaired) electrons. The second-order valence-corrected chi connectivity index (χ2v) is 3.95. The summed E-state index contributed by atoms with van der Waals surface area (Å²) in [5, 5.41) is 3.59. The molecule has 70 valence electrons. The lowest BCUT2D eigenvalue weighted by atomic mass is 9.90. The molecule has 0 amide bonds. The van der Waals surface area contributed by atoms with Crippen LogP contribution in [0.2, 0.25) is 0 Å². The summed E-state index contributed by atoms with van der Waals surface area (Å²) >= 11 is 0. The van der Waals surface area contributed by atoms with Gasteiger partial charge in [0.05, 0.1) is 0 Å². The second-order valence-electron chi connectivity index (χ2n) is 3.95. The van der Waals surface area contributed by atoms with E-state index in [0.717, 1.165) is 6.04 Å². The summed E-state index contributed by atoms with van der Waals surface area (Å²) in [4.78, 5) is 0. The molecule has 1 aliphatic rings. The van der Waals surface area contributed by atoms with Gasteiger partial charge in [-0.15, -0.1) is 0 Å². The third kappa shape index (κ3) is 2.63. The zero-order valence-corrected chi connectivity index (χ0v) is 8.61. The number of rotatable bonds is 3. The lowest BCUT2D eigenvalue weighted by molar-refractivity contribution is 0.456. The van der Waals surface area contributed by atoms with E-state index in [0.29, 0.717) is 0 Å². The topological polar surface area (TPSA) is 12.0 Å². The summed E-state index contributed by atoms with van der Waals surface area (Å²) in [5.74, 6) is 0. The SMILES string of the molecule is CCCNC1CCC(C)=C(C)C1. The van der Waals surface area contributed by atoms with Crippen molar-refractivity contribution in [1.82, 2.24) is 5.32 Å². The Morgan fingerprint density at radius 1 is 1.33 bits per heavy atom. The second kappa shape index (κ2) is 4.66. The van der Waals surface area contributed by atoms with Crippen molar-refractivity contribution in [2.24, 2.45) is 0 Å². The molecule has 1 rings (SSSR count). The molecule has 0 aromatic rings. The van der Waals surface area contributed by atoms with Gasteiger partial charge in [-0.2, -0.15) is 0 Å². The van der Waals surface area contributed by atoms with Crippen molar-refractivity contribution in [3.05, 3.63) is 11.1 Å². The standard InChI is InChI=1S/C11H21N/c1-4-7-12-11-6-5-9(2)10(3)8-11/h11-12H,4-8H2,1-3H3. The minimum absolute atomic E-state index is 0.758. The van der Waals surface area contributed by atoms with E-state index in [1.54, 1.807) is 11.1 Å². The van der Waals surface area contributed by atoms with E-state index < -0.39 is 0 Å². The minimum atomic E-state index is 0.758. The van der Waals surface area contributed by atoms with Crippen molar-refractivity contribution in [3.63, 3.8) is 0 Å². The molecular weight excluding hydrogens is 146 g/mol. The first-order chi connectivity index (χ1) is 5.74. The van der Waals surface area contributed by atoms with E-state index in [2.05, 4.69) is 26.1 Å². The largest absolute Gasteiger partial charge is 0.314 e. The Bertz CT molecular complexity index is 170. The first-order valence-corrected chi connectivity index (χ1v) is 5.12. The zero-order chi connectivity index (χ0) is 8.97. The molecule has 0 saturated carbocycles. The van der Waals surface area contributed by atoms with Gasteiger partial charge in [-0.1, -0.05) is 18.1 Å². The van der Waals surface area contributed by atoms with Gasteiger partial charge in [0.2, 0.25) is 0 Å². The van der Waals surface area contributed by atoms with Crippen LogP contribution in [0.15, 0.2) is 11.1 Å². The van der Waals surface area contributed by atoms with Crippen molar-refractivity contribution in [3.8, 4) is 0 Å². The number of nitrogens with one attached hydrogen (secondary N) is 1. The first kappa shape index (κ1) is 9.79. The van der Waals surface area contributed by atoms with Crippen LogP contribution in [0.25, 0.3) is 0 Å².